The van der Waals surface area contributed by atoms with Crippen LogP contribution in [-0.4, -0.2) is 20.8 Å². The molecule has 3 heterocycles. The zero-order chi connectivity index (χ0) is 13.8. The molecule has 108 valence electrons. The first-order chi connectivity index (χ1) is 9.83. The van der Waals surface area contributed by atoms with Crippen LogP contribution in [0.1, 0.15) is 43.6 Å². The van der Waals surface area contributed by atoms with E-state index in [4.69, 9.17) is 4.42 Å². The van der Waals surface area contributed by atoms with Gasteiger partial charge in [-0.05, 0) is 38.3 Å². The number of aryl methyl sites for hydroxylation is 2. The quantitative estimate of drug-likeness (QED) is 0.878. The predicted octanol–water partition coefficient (Wildman–Crippen LogP) is 2.32. The van der Waals surface area contributed by atoms with E-state index in [0.717, 1.165) is 49.8 Å². The van der Waals surface area contributed by atoms with Crippen molar-refractivity contribution in [2.75, 3.05) is 0 Å². The number of aromatic nitrogens is 3. The van der Waals surface area contributed by atoms with E-state index in [1.165, 1.54) is 12.8 Å². The number of nitrogens with one attached hydrogen (secondary N) is 1. The van der Waals surface area contributed by atoms with Gasteiger partial charge in [0.15, 0.2) is 0 Å². The summed E-state index contributed by atoms with van der Waals surface area (Å²) < 4.78 is 7.63. The molecule has 0 fully saturated rings. The molecule has 0 saturated heterocycles. The van der Waals surface area contributed by atoms with E-state index in [-0.39, 0.29) is 0 Å². The maximum absolute atomic E-state index is 5.35. The molecular formula is C15H22N4O. The number of fused-ring (bicyclic) bond motifs is 1. The average molecular weight is 274 g/mol. The molecule has 1 aliphatic heterocycles. The second-order valence-corrected chi connectivity index (χ2v) is 5.54. The number of furan rings is 1. The summed E-state index contributed by atoms with van der Waals surface area (Å²) in [5, 5.41) is 12.1. The minimum Gasteiger partial charge on any atom is -0.469 e. The van der Waals surface area contributed by atoms with Crippen molar-refractivity contribution >= 4 is 0 Å². The third kappa shape index (κ3) is 3.10. The highest BCUT2D eigenvalue weighted by Crippen LogP contribution is 2.14. The molecule has 0 aromatic carbocycles. The third-order valence-electron chi connectivity index (χ3n) is 3.95. The van der Waals surface area contributed by atoms with Gasteiger partial charge in [0.1, 0.15) is 17.4 Å². The SMILES string of the molecule is C[C@H](CCc1ccco1)NCc1nnc2n1CCCC2. The van der Waals surface area contributed by atoms with E-state index in [1.807, 2.05) is 12.1 Å². The minimum absolute atomic E-state index is 0.441. The van der Waals surface area contributed by atoms with E-state index in [1.54, 1.807) is 6.26 Å². The molecule has 2 aromatic rings. The number of hydrogen-bond donors (Lipinski definition) is 1. The molecule has 1 aliphatic rings. The number of hydrogen-bond acceptors (Lipinski definition) is 4. The average Bonchev–Trinajstić information content (AvgIpc) is 3.12. The first-order valence-corrected chi connectivity index (χ1v) is 7.49. The molecule has 5 nitrogen and oxygen atoms in total. The highest BCUT2D eigenvalue weighted by atomic mass is 16.3. The Morgan fingerprint density at radius 1 is 1.40 bits per heavy atom. The lowest BCUT2D eigenvalue weighted by Crippen LogP contribution is -2.28. The summed E-state index contributed by atoms with van der Waals surface area (Å²) in [6.45, 7) is 4.07. The van der Waals surface area contributed by atoms with Crippen LogP contribution in [0.2, 0.25) is 0 Å². The van der Waals surface area contributed by atoms with Crippen LogP contribution in [-0.2, 0) is 25.9 Å². The van der Waals surface area contributed by atoms with Crippen LogP contribution < -0.4 is 5.32 Å². The van der Waals surface area contributed by atoms with Crippen molar-refractivity contribution in [3.05, 3.63) is 35.8 Å². The van der Waals surface area contributed by atoms with Gasteiger partial charge in [-0.1, -0.05) is 0 Å². The standard InChI is InChI=1S/C15H22N4O/c1-12(7-8-13-5-4-10-20-13)16-11-15-18-17-14-6-2-3-9-19(14)15/h4-5,10,12,16H,2-3,6-9,11H2,1H3/t12-/m1/s1. The molecule has 1 N–H and O–H groups in total. The van der Waals surface area contributed by atoms with E-state index < -0.39 is 0 Å². The lowest BCUT2D eigenvalue weighted by molar-refractivity contribution is 0.445. The van der Waals surface area contributed by atoms with E-state index >= 15 is 0 Å². The lowest BCUT2D eigenvalue weighted by Gasteiger charge is -2.16. The van der Waals surface area contributed by atoms with Crippen LogP contribution in [0, 0.1) is 0 Å². The molecule has 5 heteroatoms. The van der Waals surface area contributed by atoms with Gasteiger partial charge in [-0.2, -0.15) is 0 Å². The summed E-state index contributed by atoms with van der Waals surface area (Å²) in [7, 11) is 0. The lowest BCUT2D eigenvalue weighted by atomic mass is 10.1. The van der Waals surface area contributed by atoms with Crippen molar-refractivity contribution < 1.29 is 4.42 Å². The van der Waals surface area contributed by atoms with Gasteiger partial charge < -0.3 is 14.3 Å². The Bertz CT molecular complexity index is 532. The molecule has 0 saturated carbocycles. The molecule has 0 amide bonds. The Labute approximate surface area is 119 Å². The molecule has 0 radical (unpaired) electrons. The van der Waals surface area contributed by atoms with Gasteiger partial charge in [-0.15, -0.1) is 10.2 Å². The maximum atomic E-state index is 5.35. The van der Waals surface area contributed by atoms with Gasteiger partial charge in [0.25, 0.3) is 0 Å². The largest absolute Gasteiger partial charge is 0.469 e. The number of nitrogens with zero attached hydrogens (tertiary/aromatic N) is 3. The van der Waals surface area contributed by atoms with Crippen molar-refractivity contribution in [1.29, 1.82) is 0 Å². The van der Waals surface area contributed by atoms with Crippen LogP contribution in [0.5, 0.6) is 0 Å². The van der Waals surface area contributed by atoms with E-state index in [2.05, 4.69) is 27.0 Å². The van der Waals surface area contributed by atoms with Gasteiger partial charge in [0.2, 0.25) is 0 Å². The summed E-state index contributed by atoms with van der Waals surface area (Å²) >= 11 is 0. The van der Waals surface area contributed by atoms with E-state index in [9.17, 15) is 0 Å². The Kier molecular flexibility index (Phi) is 4.16. The molecule has 3 rings (SSSR count). The maximum Gasteiger partial charge on any atom is 0.147 e. The minimum atomic E-state index is 0.441. The summed E-state index contributed by atoms with van der Waals surface area (Å²) in [4.78, 5) is 0. The topological polar surface area (TPSA) is 55.9 Å². The fraction of sp³-hybridized carbons (Fsp3) is 0.600. The second kappa shape index (κ2) is 6.22. The van der Waals surface area contributed by atoms with Gasteiger partial charge >= 0.3 is 0 Å². The third-order valence-corrected chi connectivity index (χ3v) is 3.95. The van der Waals surface area contributed by atoms with Gasteiger partial charge in [0.05, 0.1) is 12.8 Å². The van der Waals surface area contributed by atoms with Gasteiger partial charge in [-0.3, -0.25) is 0 Å². The number of rotatable bonds is 6. The highest BCUT2D eigenvalue weighted by molar-refractivity contribution is 5.00. The Hall–Kier alpha value is -1.62. The molecule has 0 unspecified atom stereocenters. The molecule has 2 aromatic heterocycles. The van der Waals surface area contributed by atoms with E-state index in [0.29, 0.717) is 6.04 Å². The van der Waals surface area contributed by atoms with Crippen molar-refractivity contribution in [2.45, 2.75) is 58.2 Å². The summed E-state index contributed by atoms with van der Waals surface area (Å²) in [6.07, 6.45) is 7.32. The smallest absolute Gasteiger partial charge is 0.147 e. The first-order valence-electron chi connectivity index (χ1n) is 7.49. The van der Waals surface area contributed by atoms with Crippen LogP contribution in [0.4, 0.5) is 0 Å². The van der Waals surface area contributed by atoms with Crippen LogP contribution in [0.3, 0.4) is 0 Å². The van der Waals surface area contributed by atoms with Crippen LogP contribution in [0.25, 0.3) is 0 Å². The van der Waals surface area contributed by atoms with Crippen molar-refractivity contribution in [1.82, 2.24) is 20.1 Å². The van der Waals surface area contributed by atoms with Crippen molar-refractivity contribution in [2.24, 2.45) is 0 Å². The van der Waals surface area contributed by atoms with Gasteiger partial charge in [-0.25, -0.2) is 0 Å². The first kappa shape index (κ1) is 13.4. The fourth-order valence-electron chi connectivity index (χ4n) is 2.68. The molecule has 0 aliphatic carbocycles. The molecule has 0 bridgehead atoms. The predicted molar refractivity (Wildman–Crippen MR) is 76.3 cm³/mol. The van der Waals surface area contributed by atoms with Gasteiger partial charge in [0, 0.05) is 25.4 Å². The van der Waals surface area contributed by atoms with Crippen molar-refractivity contribution in [3.63, 3.8) is 0 Å². The molecule has 0 spiro atoms. The monoisotopic (exact) mass is 274 g/mol. The van der Waals surface area contributed by atoms with Crippen LogP contribution >= 0.6 is 0 Å². The summed E-state index contributed by atoms with van der Waals surface area (Å²) in [5.41, 5.74) is 0. The molecule has 20 heavy (non-hydrogen) atoms. The molecule has 1 atom stereocenters. The zero-order valence-corrected chi connectivity index (χ0v) is 12.0. The highest BCUT2D eigenvalue weighted by Gasteiger charge is 2.15. The van der Waals surface area contributed by atoms with Crippen LogP contribution in [0.15, 0.2) is 22.8 Å². The van der Waals surface area contributed by atoms with Crippen molar-refractivity contribution in [3.8, 4) is 0 Å². The Balaban J connectivity index is 1.48. The summed E-state index contributed by atoms with van der Waals surface area (Å²) in [6, 6.07) is 4.41. The zero-order valence-electron chi connectivity index (χ0n) is 12.0. The normalized spacial score (nSPS) is 16.1. The second-order valence-electron chi connectivity index (χ2n) is 5.54. The fourth-order valence-corrected chi connectivity index (χ4v) is 2.68. The Morgan fingerprint density at radius 2 is 2.35 bits per heavy atom. The summed E-state index contributed by atoms with van der Waals surface area (Å²) in [5.74, 6) is 3.28. The molecular weight excluding hydrogens is 252 g/mol. The Morgan fingerprint density at radius 3 is 3.20 bits per heavy atom.